The molecule has 0 fully saturated rings. The Morgan fingerprint density at radius 2 is 1.81 bits per heavy atom. The van der Waals surface area contributed by atoms with Gasteiger partial charge >= 0.3 is 5.97 Å². The SMILES string of the molecule is Cc1ccc(CCC(C(=O)O)S(=O)CCCOc2ccc(Cl)cc2)cc1. The fraction of sp³-hybridized carbons (Fsp3) is 0.350. The number of rotatable bonds is 10. The number of aryl methyl sites for hydroxylation is 2. The number of carboxylic acids is 1. The molecule has 2 rings (SSSR count). The zero-order chi connectivity index (χ0) is 18.9. The lowest BCUT2D eigenvalue weighted by Crippen LogP contribution is -2.28. The van der Waals surface area contributed by atoms with E-state index in [2.05, 4.69) is 0 Å². The van der Waals surface area contributed by atoms with Crippen molar-refractivity contribution in [2.75, 3.05) is 12.4 Å². The normalized spacial score (nSPS) is 13.2. The van der Waals surface area contributed by atoms with Crippen LogP contribution in [0.4, 0.5) is 0 Å². The van der Waals surface area contributed by atoms with E-state index < -0.39 is 22.0 Å². The summed E-state index contributed by atoms with van der Waals surface area (Å²) in [5.74, 6) is -0.0123. The minimum atomic E-state index is -1.43. The third-order valence-corrected chi connectivity index (χ3v) is 6.00. The van der Waals surface area contributed by atoms with E-state index in [-0.39, 0.29) is 0 Å². The van der Waals surface area contributed by atoms with E-state index >= 15 is 0 Å². The fourth-order valence-corrected chi connectivity index (χ4v) is 3.90. The van der Waals surface area contributed by atoms with Gasteiger partial charge in [0.15, 0.2) is 0 Å². The van der Waals surface area contributed by atoms with Crippen LogP contribution in [0.1, 0.15) is 24.0 Å². The summed E-state index contributed by atoms with van der Waals surface area (Å²) in [6.45, 7) is 2.39. The maximum absolute atomic E-state index is 12.4. The van der Waals surface area contributed by atoms with Gasteiger partial charge in [-0.2, -0.15) is 0 Å². The molecule has 0 aromatic heterocycles. The second kappa shape index (κ2) is 10.3. The van der Waals surface area contributed by atoms with Crippen LogP contribution in [0.2, 0.25) is 5.02 Å². The van der Waals surface area contributed by atoms with Crippen LogP contribution in [0.15, 0.2) is 48.5 Å². The van der Waals surface area contributed by atoms with E-state index in [1.54, 1.807) is 24.3 Å². The van der Waals surface area contributed by atoms with Crippen LogP contribution in [0.3, 0.4) is 0 Å². The summed E-state index contributed by atoms with van der Waals surface area (Å²) >= 11 is 5.81. The molecular weight excluding hydrogens is 372 g/mol. The Morgan fingerprint density at radius 1 is 1.15 bits per heavy atom. The van der Waals surface area contributed by atoms with Crippen molar-refractivity contribution in [3.05, 3.63) is 64.7 Å². The first-order chi connectivity index (χ1) is 12.5. The zero-order valence-corrected chi connectivity index (χ0v) is 16.3. The number of hydrogen-bond acceptors (Lipinski definition) is 3. The number of carboxylic acid groups (broad SMARTS) is 1. The number of halogens is 1. The number of aliphatic carboxylic acids is 1. The Balaban J connectivity index is 1.77. The predicted octanol–water partition coefficient (Wildman–Crippen LogP) is 4.25. The van der Waals surface area contributed by atoms with Crippen LogP contribution in [-0.2, 0) is 22.0 Å². The second-order valence-electron chi connectivity index (χ2n) is 6.09. The van der Waals surface area contributed by atoms with Crippen molar-refractivity contribution in [1.82, 2.24) is 0 Å². The summed E-state index contributed by atoms with van der Waals surface area (Å²) in [6, 6.07) is 15.0. The molecule has 0 aliphatic heterocycles. The summed E-state index contributed by atoms with van der Waals surface area (Å²) in [7, 11) is -1.43. The van der Waals surface area contributed by atoms with Crippen LogP contribution in [-0.4, -0.2) is 32.9 Å². The second-order valence-corrected chi connectivity index (χ2v) is 8.27. The number of ether oxygens (including phenoxy) is 1. The smallest absolute Gasteiger partial charge is 0.319 e. The summed E-state index contributed by atoms with van der Waals surface area (Å²) in [5, 5.41) is 9.17. The van der Waals surface area contributed by atoms with E-state index in [0.717, 1.165) is 11.1 Å². The van der Waals surface area contributed by atoms with Crippen LogP contribution < -0.4 is 4.74 Å². The van der Waals surface area contributed by atoms with Gasteiger partial charge in [0.25, 0.3) is 0 Å². The molecule has 2 aromatic carbocycles. The largest absolute Gasteiger partial charge is 0.494 e. The first kappa shape index (κ1) is 20.5. The molecule has 0 amide bonds. The van der Waals surface area contributed by atoms with Crippen molar-refractivity contribution >= 4 is 28.4 Å². The summed E-state index contributed by atoms with van der Waals surface area (Å²) in [5.41, 5.74) is 2.22. The summed E-state index contributed by atoms with van der Waals surface area (Å²) < 4.78 is 17.9. The molecule has 0 spiro atoms. The first-order valence-corrected chi connectivity index (χ1v) is 10.3. The molecule has 2 aromatic rings. The minimum absolute atomic E-state index is 0.304. The molecule has 140 valence electrons. The van der Waals surface area contributed by atoms with E-state index in [4.69, 9.17) is 16.3 Å². The standard InChI is InChI=1S/C20H23ClO4S/c1-15-3-5-16(6-4-15)7-12-19(20(22)23)26(24)14-2-13-25-18-10-8-17(21)9-11-18/h3-6,8-11,19H,2,7,12-14H2,1H3,(H,22,23). The Morgan fingerprint density at radius 3 is 2.42 bits per heavy atom. The van der Waals surface area contributed by atoms with Crippen LogP contribution in [0.5, 0.6) is 5.75 Å². The molecule has 0 aliphatic rings. The van der Waals surface area contributed by atoms with Crippen molar-refractivity contribution in [1.29, 1.82) is 0 Å². The minimum Gasteiger partial charge on any atom is -0.494 e. The number of hydrogen-bond donors (Lipinski definition) is 1. The van der Waals surface area contributed by atoms with E-state index in [1.165, 1.54) is 0 Å². The molecule has 6 heteroatoms. The molecule has 0 heterocycles. The third kappa shape index (κ3) is 6.81. The van der Waals surface area contributed by atoms with Crippen molar-refractivity contribution in [3.8, 4) is 5.75 Å². The Bertz CT molecular complexity index is 728. The van der Waals surface area contributed by atoms with Gasteiger partial charge in [0, 0.05) is 21.6 Å². The molecule has 0 aliphatic carbocycles. The predicted molar refractivity (Wildman–Crippen MR) is 105 cm³/mol. The van der Waals surface area contributed by atoms with Gasteiger partial charge in [0.05, 0.1) is 6.61 Å². The Hall–Kier alpha value is -1.85. The van der Waals surface area contributed by atoms with Gasteiger partial charge < -0.3 is 9.84 Å². The van der Waals surface area contributed by atoms with E-state index in [9.17, 15) is 14.1 Å². The van der Waals surface area contributed by atoms with E-state index in [1.807, 2.05) is 31.2 Å². The van der Waals surface area contributed by atoms with Crippen LogP contribution in [0.25, 0.3) is 0 Å². The molecular formula is C20H23ClO4S. The Kier molecular flexibility index (Phi) is 8.13. The van der Waals surface area contributed by atoms with Crippen molar-refractivity contribution in [3.63, 3.8) is 0 Å². The molecule has 26 heavy (non-hydrogen) atoms. The average molecular weight is 395 g/mol. The van der Waals surface area contributed by atoms with Gasteiger partial charge in [-0.15, -0.1) is 0 Å². The number of carbonyl (C=O) groups is 1. The molecule has 0 saturated carbocycles. The van der Waals surface area contributed by atoms with Gasteiger partial charge in [0.1, 0.15) is 11.0 Å². The van der Waals surface area contributed by atoms with Crippen LogP contribution >= 0.6 is 11.6 Å². The average Bonchev–Trinajstić information content (AvgIpc) is 2.61. The lowest BCUT2D eigenvalue weighted by atomic mass is 10.1. The monoisotopic (exact) mass is 394 g/mol. The first-order valence-electron chi connectivity index (χ1n) is 8.49. The summed E-state index contributed by atoms with van der Waals surface area (Å²) in [6.07, 6.45) is 1.50. The highest BCUT2D eigenvalue weighted by atomic mass is 35.5. The highest BCUT2D eigenvalue weighted by Crippen LogP contribution is 2.16. The van der Waals surface area contributed by atoms with E-state index in [0.29, 0.717) is 42.4 Å². The van der Waals surface area contributed by atoms with Gasteiger partial charge in [-0.1, -0.05) is 41.4 Å². The molecule has 2 atom stereocenters. The Labute approximate surface area is 161 Å². The van der Waals surface area contributed by atoms with Gasteiger partial charge in [0.2, 0.25) is 0 Å². The van der Waals surface area contributed by atoms with Crippen molar-refractivity contribution in [2.45, 2.75) is 31.4 Å². The quantitative estimate of drug-likeness (QED) is 0.612. The van der Waals surface area contributed by atoms with Crippen molar-refractivity contribution in [2.24, 2.45) is 0 Å². The molecule has 0 saturated heterocycles. The molecule has 2 unspecified atom stereocenters. The van der Waals surface area contributed by atoms with Gasteiger partial charge in [-0.05, 0) is 56.0 Å². The number of benzene rings is 2. The maximum Gasteiger partial charge on any atom is 0.319 e. The van der Waals surface area contributed by atoms with Gasteiger partial charge in [-0.3, -0.25) is 9.00 Å². The highest BCUT2D eigenvalue weighted by molar-refractivity contribution is 7.86. The van der Waals surface area contributed by atoms with Crippen molar-refractivity contribution < 1.29 is 18.8 Å². The maximum atomic E-state index is 12.4. The molecule has 1 N–H and O–H groups in total. The molecule has 0 radical (unpaired) electrons. The molecule has 4 nitrogen and oxygen atoms in total. The zero-order valence-electron chi connectivity index (χ0n) is 14.7. The summed E-state index contributed by atoms with van der Waals surface area (Å²) in [4.78, 5) is 11.5. The van der Waals surface area contributed by atoms with Gasteiger partial charge in [-0.25, -0.2) is 0 Å². The topological polar surface area (TPSA) is 63.6 Å². The highest BCUT2D eigenvalue weighted by Gasteiger charge is 2.24. The third-order valence-electron chi connectivity index (χ3n) is 3.98. The molecule has 0 bridgehead atoms. The lowest BCUT2D eigenvalue weighted by Gasteiger charge is -2.13. The lowest BCUT2D eigenvalue weighted by molar-refractivity contribution is -0.136. The van der Waals surface area contributed by atoms with Crippen LogP contribution in [0, 0.1) is 6.92 Å². The fourth-order valence-electron chi connectivity index (χ4n) is 2.48.